The molecule has 1 amide bonds. The molecule has 6 heteroatoms. The van der Waals surface area contributed by atoms with Crippen molar-refractivity contribution in [3.63, 3.8) is 0 Å². The molecule has 0 aromatic heterocycles. The number of fused-ring (bicyclic) bond motifs is 3. The van der Waals surface area contributed by atoms with Crippen LogP contribution in [0, 0.1) is 0 Å². The lowest BCUT2D eigenvalue weighted by Gasteiger charge is -2.26. The Morgan fingerprint density at radius 3 is 2.03 bits per heavy atom. The van der Waals surface area contributed by atoms with Gasteiger partial charge >= 0.3 is 12.1 Å². The van der Waals surface area contributed by atoms with Crippen molar-refractivity contribution in [1.82, 2.24) is 5.32 Å². The predicted molar refractivity (Wildman–Crippen MR) is 118 cm³/mol. The van der Waals surface area contributed by atoms with Crippen LogP contribution in [0.1, 0.15) is 29.0 Å². The van der Waals surface area contributed by atoms with Gasteiger partial charge in [-0.3, -0.25) is 11.1 Å². The summed E-state index contributed by atoms with van der Waals surface area (Å²) in [5.74, 6) is -1.42. The van der Waals surface area contributed by atoms with E-state index in [1.807, 2.05) is 78.9 Å². The largest absolute Gasteiger partial charge is 0.478 e. The van der Waals surface area contributed by atoms with E-state index in [4.69, 9.17) is 10.5 Å². The van der Waals surface area contributed by atoms with Crippen LogP contribution in [0.2, 0.25) is 0 Å². The summed E-state index contributed by atoms with van der Waals surface area (Å²) in [5, 5.41) is 12.0. The summed E-state index contributed by atoms with van der Waals surface area (Å²) < 4.78 is 5.44. The first-order valence-corrected chi connectivity index (χ1v) is 10.2. The highest BCUT2D eigenvalue weighted by Crippen LogP contribution is 2.44. The van der Waals surface area contributed by atoms with E-state index >= 15 is 0 Å². The van der Waals surface area contributed by atoms with Crippen molar-refractivity contribution in [3.8, 4) is 11.1 Å². The van der Waals surface area contributed by atoms with Gasteiger partial charge in [-0.15, -0.1) is 0 Å². The number of aliphatic carboxylic acids is 1. The highest BCUT2D eigenvalue weighted by atomic mass is 16.5. The van der Waals surface area contributed by atoms with Gasteiger partial charge in [-0.05, 0) is 40.7 Å². The third kappa shape index (κ3) is 4.29. The summed E-state index contributed by atoms with van der Waals surface area (Å²) in [5.41, 5.74) is 9.44. The third-order valence-electron chi connectivity index (χ3n) is 5.70. The number of benzene rings is 3. The molecule has 0 saturated carbocycles. The minimum absolute atomic E-state index is 0.0382. The van der Waals surface area contributed by atoms with E-state index < -0.39 is 17.7 Å². The Morgan fingerprint density at radius 2 is 1.45 bits per heavy atom. The quantitative estimate of drug-likeness (QED) is 0.507. The second-order valence-electron chi connectivity index (χ2n) is 7.71. The Labute approximate surface area is 180 Å². The number of carboxylic acids is 1. The Bertz CT molecular complexity index is 1050. The molecule has 0 fully saturated rings. The zero-order valence-electron chi connectivity index (χ0n) is 17.0. The first-order valence-electron chi connectivity index (χ1n) is 10.2. The van der Waals surface area contributed by atoms with Gasteiger partial charge in [0.15, 0.2) is 5.66 Å². The van der Waals surface area contributed by atoms with Gasteiger partial charge in [0.1, 0.15) is 6.61 Å². The molecule has 0 heterocycles. The Balaban J connectivity index is 1.43. The molecule has 4 rings (SSSR count). The maximum atomic E-state index is 12.5. The van der Waals surface area contributed by atoms with E-state index in [-0.39, 0.29) is 18.9 Å². The summed E-state index contributed by atoms with van der Waals surface area (Å²) in [7, 11) is 0. The number of hydrogen-bond acceptors (Lipinski definition) is 4. The van der Waals surface area contributed by atoms with Crippen LogP contribution in [0.5, 0.6) is 0 Å². The van der Waals surface area contributed by atoms with Crippen molar-refractivity contribution >= 4 is 12.1 Å². The van der Waals surface area contributed by atoms with Crippen LogP contribution in [-0.2, 0) is 16.0 Å². The molecule has 4 N–H and O–H groups in total. The number of alkyl carbamates (subject to hydrolysis) is 1. The molecule has 1 aliphatic rings. The topological polar surface area (TPSA) is 102 Å². The fourth-order valence-corrected chi connectivity index (χ4v) is 4.03. The fraction of sp³-hybridized carbons (Fsp3) is 0.200. The van der Waals surface area contributed by atoms with E-state index in [2.05, 4.69) is 5.32 Å². The number of aryl methyl sites for hydroxylation is 1. The van der Waals surface area contributed by atoms with Crippen molar-refractivity contribution in [2.24, 2.45) is 5.73 Å². The monoisotopic (exact) mass is 416 g/mol. The van der Waals surface area contributed by atoms with Crippen LogP contribution in [0.25, 0.3) is 11.1 Å². The molecule has 1 atom stereocenters. The van der Waals surface area contributed by atoms with Crippen LogP contribution in [-0.4, -0.2) is 29.4 Å². The lowest BCUT2D eigenvalue weighted by Crippen LogP contribution is -2.62. The number of ether oxygens (including phenoxy) is 1. The molecule has 0 spiro atoms. The van der Waals surface area contributed by atoms with E-state index in [0.29, 0.717) is 6.42 Å². The Hall–Kier alpha value is -3.64. The SMILES string of the molecule is N[C@@](CCc1ccccc1)(NC(=O)OCC1c2ccccc2-c2ccccc21)C(=O)O. The number of rotatable bonds is 7. The normalized spacial score (nSPS) is 14.2. The van der Waals surface area contributed by atoms with Gasteiger partial charge in [0, 0.05) is 5.92 Å². The number of carbonyl (C=O) groups excluding carboxylic acids is 1. The fourth-order valence-electron chi connectivity index (χ4n) is 4.03. The molecular weight excluding hydrogens is 392 g/mol. The highest BCUT2D eigenvalue weighted by molar-refractivity contribution is 5.84. The van der Waals surface area contributed by atoms with E-state index in [9.17, 15) is 14.7 Å². The molecule has 31 heavy (non-hydrogen) atoms. The van der Waals surface area contributed by atoms with E-state index in [0.717, 1.165) is 27.8 Å². The maximum absolute atomic E-state index is 12.5. The second-order valence-corrected chi connectivity index (χ2v) is 7.71. The van der Waals surface area contributed by atoms with Crippen molar-refractivity contribution in [2.45, 2.75) is 24.4 Å². The molecule has 0 unspecified atom stereocenters. The minimum Gasteiger partial charge on any atom is -0.478 e. The predicted octanol–water partition coefficient (Wildman–Crippen LogP) is 3.90. The Morgan fingerprint density at radius 1 is 0.903 bits per heavy atom. The number of carboxylic acid groups (broad SMARTS) is 1. The summed E-state index contributed by atoms with van der Waals surface area (Å²) in [4.78, 5) is 24.2. The van der Waals surface area contributed by atoms with E-state index in [1.54, 1.807) is 0 Å². The molecule has 0 radical (unpaired) electrons. The van der Waals surface area contributed by atoms with Gasteiger partial charge in [-0.1, -0.05) is 78.9 Å². The minimum atomic E-state index is -1.92. The van der Waals surface area contributed by atoms with Crippen molar-refractivity contribution in [1.29, 1.82) is 0 Å². The third-order valence-corrected chi connectivity index (χ3v) is 5.70. The summed E-state index contributed by atoms with van der Waals surface area (Å²) in [6.07, 6.45) is -0.399. The number of nitrogens with one attached hydrogen (secondary N) is 1. The standard InChI is InChI=1S/C25H24N2O4/c26-25(23(28)29,15-14-17-8-2-1-3-9-17)27-24(30)31-16-22-20-12-6-4-10-18(20)19-11-5-7-13-21(19)22/h1-13,22H,14-16,26H2,(H,27,30)(H,28,29)/t25-/m0/s1. The molecule has 3 aromatic rings. The van der Waals surface area contributed by atoms with Gasteiger partial charge in [0.25, 0.3) is 0 Å². The smallest absolute Gasteiger partial charge is 0.409 e. The molecule has 158 valence electrons. The lowest BCUT2D eigenvalue weighted by molar-refractivity contribution is -0.144. The van der Waals surface area contributed by atoms with Crippen molar-refractivity contribution < 1.29 is 19.4 Å². The summed E-state index contributed by atoms with van der Waals surface area (Å²) in [6, 6.07) is 25.4. The van der Waals surface area contributed by atoms with Crippen molar-refractivity contribution in [3.05, 3.63) is 95.6 Å². The summed E-state index contributed by atoms with van der Waals surface area (Å²) >= 11 is 0. The van der Waals surface area contributed by atoms with Crippen LogP contribution in [0.15, 0.2) is 78.9 Å². The van der Waals surface area contributed by atoms with Crippen LogP contribution >= 0.6 is 0 Å². The average Bonchev–Trinajstić information content (AvgIpc) is 3.11. The molecule has 0 bridgehead atoms. The summed E-state index contributed by atoms with van der Waals surface area (Å²) in [6.45, 7) is 0.0915. The molecule has 0 aliphatic heterocycles. The van der Waals surface area contributed by atoms with Crippen LogP contribution < -0.4 is 11.1 Å². The first kappa shape index (κ1) is 20.6. The number of amides is 1. The number of hydrogen-bond donors (Lipinski definition) is 3. The molecule has 6 nitrogen and oxygen atoms in total. The van der Waals surface area contributed by atoms with Crippen molar-refractivity contribution in [2.75, 3.05) is 6.61 Å². The lowest BCUT2D eigenvalue weighted by atomic mass is 9.98. The Kier molecular flexibility index (Phi) is 5.73. The van der Waals surface area contributed by atoms with Gasteiger partial charge in [-0.25, -0.2) is 9.59 Å². The molecule has 1 aliphatic carbocycles. The maximum Gasteiger partial charge on any atom is 0.409 e. The van der Waals surface area contributed by atoms with Gasteiger partial charge in [0.2, 0.25) is 0 Å². The highest BCUT2D eigenvalue weighted by Gasteiger charge is 2.37. The van der Waals surface area contributed by atoms with Gasteiger partial charge in [0.05, 0.1) is 0 Å². The first-order chi connectivity index (χ1) is 15.0. The zero-order chi connectivity index (χ0) is 21.8. The average molecular weight is 416 g/mol. The molecule has 0 saturated heterocycles. The molecular formula is C25H24N2O4. The second kappa shape index (κ2) is 8.62. The molecule has 3 aromatic carbocycles. The zero-order valence-corrected chi connectivity index (χ0v) is 17.0. The van der Waals surface area contributed by atoms with Crippen LogP contribution in [0.4, 0.5) is 4.79 Å². The van der Waals surface area contributed by atoms with Crippen LogP contribution in [0.3, 0.4) is 0 Å². The number of nitrogens with two attached hydrogens (primary N) is 1. The van der Waals surface area contributed by atoms with Gasteiger partial charge in [-0.2, -0.15) is 0 Å². The van der Waals surface area contributed by atoms with E-state index in [1.165, 1.54) is 0 Å². The number of carbonyl (C=O) groups is 2. The van der Waals surface area contributed by atoms with Gasteiger partial charge < -0.3 is 9.84 Å².